The Morgan fingerprint density at radius 3 is 2.64 bits per heavy atom. The van der Waals surface area contributed by atoms with Crippen LogP contribution in [0.5, 0.6) is 0 Å². The molecule has 5 atom stereocenters. The second kappa shape index (κ2) is 5.61. The van der Waals surface area contributed by atoms with Crippen molar-refractivity contribution in [3.63, 3.8) is 0 Å². The van der Waals surface area contributed by atoms with Crippen molar-refractivity contribution in [3.8, 4) is 0 Å². The number of Topliss-reactive ketones (excluding diaryl/α,β-unsaturated/α-hetero) is 1. The molecule has 1 aromatic heterocycles. The fraction of sp³-hybridized carbons (Fsp3) is 0.526. The minimum absolute atomic E-state index is 0.0162. The number of para-hydroxylation sites is 1. The number of rotatable bonds is 3. The molecule has 0 radical (unpaired) electrons. The summed E-state index contributed by atoms with van der Waals surface area (Å²) in [5.41, 5.74) is 7.17. The number of carbonyl (C=O) groups is 2. The van der Waals surface area contributed by atoms with Gasteiger partial charge in [0.1, 0.15) is 0 Å². The van der Waals surface area contributed by atoms with Crippen LogP contribution in [0.1, 0.15) is 35.5 Å². The molecule has 5 nitrogen and oxygen atoms in total. The summed E-state index contributed by atoms with van der Waals surface area (Å²) in [6.45, 7) is 0.667. The molecule has 3 fully saturated rings. The van der Waals surface area contributed by atoms with Crippen molar-refractivity contribution >= 4 is 33.2 Å². The zero-order chi connectivity index (χ0) is 17.1. The number of benzene rings is 1. The lowest BCUT2D eigenvalue weighted by Gasteiger charge is -2.43. The second-order valence-corrected chi connectivity index (χ2v) is 8.65. The van der Waals surface area contributed by atoms with Crippen LogP contribution in [-0.4, -0.2) is 40.2 Å². The Kier molecular flexibility index (Phi) is 3.47. The van der Waals surface area contributed by atoms with Crippen LogP contribution >= 0.6 is 11.3 Å². The number of ketones is 1. The van der Waals surface area contributed by atoms with Crippen molar-refractivity contribution in [2.45, 2.75) is 37.8 Å². The summed E-state index contributed by atoms with van der Waals surface area (Å²) in [4.78, 5) is 32.1. The minimum atomic E-state index is -0.348. The zero-order valence-electron chi connectivity index (χ0n) is 13.9. The van der Waals surface area contributed by atoms with E-state index in [4.69, 9.17) is 5.73 Å². The quantitative estimate of drug-likeness (QED) is 0.858. The standard InChI is InChI=1S/C19H21N3O2S/c20-16-11-6-5-10(9-11)15(16)19(24)22-8-7-13(22)17(23)18-21-12-3-1-2-4-14(12)25-18/h1-4,10-11,13,15-16H,5-9,20H2/t10?,11?,13-,15?,16?/m0/s1. The van der Waals surface area contributed by atoms with E-state index in [1.54, 1.807) is 4.90 Å². The van der Waals surface area contributed by atoms with Gasteiger partial charge < -0.3 is 10.6 Å². The molecule has 1 aromatic carbocycles. The van der Waals surface area contributed by atoms with Crippen LogP contribution in [-0.2, 0) is 4.79 Å². The zero-order valence-corrected chi connectivity index (χ0v) is 14.7. The highest BCUT2D eigenvalue weighted by molar-refractivity contribution is 7.20. The highest BCUT2D eigenvalue weighted by Crippen LogP contribution is 2.48. The number of nitrogens with two attached hydrogens (primary N) is 1. The maximum absolute atomic E-state index is 13.0. The molecule has 2 aromatic rings. The number of amides is 1. The van der Waals surface area contributed by atoms with Gasteiger partial charge in [0.2, 0.25) is 11.7 Å². The summed E-state index contributed by atoms with van der Waals surface area (Å²) in [6, 6.07) is 7.39. The molecular weight excluding hydrogens is 334 g/mol. The van der Waals surface area contributed by atoms with Gasteiger partial charge in [-0.2, -0.15) is 0 Å². The maximum atomic E-state index is 13.0. The van der Waals surface area contributed by atoms with Gasteiger partial charge in [0, 0.05) is 12.6 Å². The van der Waals surface area contributed by atoms with Crippen molar-refractivity contribution in [3.05, 3.63) is 29.3 Å². The lowest BCUT2D eigenvalue weighted by atomic mass is 9.82. The highest BCUT2D eigenvalue weighted by atomic mass is 32.1. The van der Waals surface area contributed by atoms with Crippen molar-refractivity contribution in [1.29, 1.82) is 0 Å². The summed E-state index contributed by atoms with van der Waals surface area (Å²) in [6.07, 6.45) is 4.08. The van der Waals surface area contributed by atoms with E-state index in [2.05, 4.69) is 4.98 Å². The summed E-state index contributed by atoms with van der Waals surface area (Å²) >= 11 is 1.42. The Bertz CT molecular complexity index is 828. The Labute approximate surface area is 150 Å². The van der Waals surface area contributed by atoms with E-state index in [1.165, 1.54) is 11.3 Å². The van der Waals surface area contributed by atoms with E-state index in [0.717, 1.165) is 35.9 Å². The molecule has 0 spiro atoms. The number of likely N-dealkylation sites (tertiary alicyclic amines) is 1. The third-order valence-electron chi connectivity index (χ3n) is 6.38. The molecule has 1 amide bonds. The summed E-state index contributed by atoms with van der Waals surface area (Å²) in [5.74, 6) is 0.928. The van der Waals surface area contributed by atoms with Gasteiger partial charge >= 0.3 is 0 Å². The molecule has 1 saturated heterocycles. The largest absolute Gasteiger partial charge is 0.332 e. The van der Waals surface area contributed by atoms with Crippen LogP contribution in [0, 0.1) is 17.8 Å². The van der Waals surface area contributed by atoms with E-state index in [-0.39, 0.29) is 29.7 Å². The van der Waals surface area contributed by atoms with Gasteiger partial charge in [-0.05, 0) is 49.7 Å². The molecule has 2 bridgehead atoms. The normalized spacial score (nSPS) is 33.6. The van der Waals surface area contributed by atoms with Crippen molar-refractivity contribution in [1.82, 2.24) is 9.88 Å². The molecule has 130 valence electrons. The van der Waals surface area contributed by atoms with E-state index >= 15 is 0 Å². The van der Waals surface area contributed by atoms with Crippen LogP contribution in [0.3, 0.4) is 0 Å². The van der Waals surface area contributed by atoms with E-state index < -0.39 is 0 Å². The molecule has 3 aliphatic rings. The Hall–Kier alpha value is -1.79. The predicted octanol–water partition coefficient (Wildman–Crippen LogP) is 2.45. The lowest BCUT2D eigenvalue weighted by Crippen LogP contribution is -2.59. The molecule has 4 unspecified atom stereocenters. The molecule has 1 aliphatic heterocycles. The summed E-state index contributed by atoms with van der Waals surface area (Å²) in [7, 11) is 0. The predicted molar refractivity (Wildman–Crippen MR) is 96.4 cm³/mol. The minimum Gasteiger partial charge on any atom is -0.332 e. The Balaban J connectivity index is 1.36. The van der Waals surface area contributed by atoms with Crippen LogP contribution < -0.4 is 5.73 Å². The average Bonchev–Trinajstić information content (AvgIpc) is 3.27. The third kappa shape index (κ3) is 2.27. The van der Waals surface area contributed by atoms with Gasteiger partial charge in [-0.25, -0.2) is 4.98 Å². The van der Waals surface area contributed by atoms with Crippen LogP contribution in [0.2, 0.25) is 0 Å². The van der Waals surface area contributed by atoms with E-state index in [0.29, 0.717) is 23.4 Å². The molecule has 25 heavy (non-hydrogen) atoms. The highest BCUT2D eigenvalue weighted by Gasteiger charge is 2.52. The monoisotopic (exact) mass is 355 g/mol. The molecule has 2 heterocycles. The molecule has 2 aliphatic carbocycles. The molecule has 5 rings (SSSR count). The molecule has 2 N–H and O–H groups in total. The van der Waals surface area contributed by atoms with E-state index in [1.807, 2.05) is 24.3 Å². The van der Waals surface area contributed by atoms with Gasteiger partial charge in [0.25, 0.3) is 0 Å². The number of carbonyl (C=O) groups excluding carboxylic acids is 2. The lowest BCUT2D eigenvalue weighted by molar-refractivity contribution is -0.144. The first-order valence-corrected chi connectivity index (χ1v) is 9.91. The number of aromatic nitrogens is 1. The van der Waals surface area contributed by atoms with Crippen LogP contribution in [0.4, 0.5) is 0 Å². The maximum Gasteiger partial charge on any atom is 0.228 e. The number of fused-ring (bicyclic) bond motifs is 3. The first-order valence-electron chi connectivity index (χ1n) is 9.09. The van der Waals surface area contributed by atoms with Crippen molar-refractivity contribution in [2.24, 2.45) is 23.5 Å². The number of hydrogen-bond acceptors (Lipinski definition) is 5. The van der Waals surface area contributed by atoms with Gasteiger partial charge in [-0.1, -0.05) is 12.1 Å². The number of hydrogen-bond donors (Lipinski definition) is 1. The third-order valence-corrected chi connectivity index (χ3v) is 7.43. The van der Waals surface area contributed by atoms with Gasteiger partial charge in [0.15, 0.2) is 5.01 Å². The molecule has 2 saturated carbocycles. The average molecular weight is 355 g/mol. The molecular formula is C19H21N3O2S. The number of nitrogens with zero attached hydrogens (tertiary/aromatic N) is 2. The SMILES string of the molecule is NC1C2CCC(C2)C1C(=O)N1CC[C@H]1C(=O)c1nc2ccccc2s1. The van der Waals surface area contributed by atoms with Crippen LogP contribution in [0.15, 0.2) is 24.3 Å². The van der Waals surface area contributed by atoms with Gasteiger partial charge in [0.05, 0.1) is 22.2 Å². The van der Waals surface area contributed by atoms with Crippen molar-refractivity contribution < 1.29 is 9.59 Å². The molecule has 6 heteroatoms. The van der Waals surface area contributed by atoms with Crippen LogP contribution in [0.25, 0.3) is 10.2 Å². The number of thiazole rings is 1. The first kappa shape index (κ1) is 15.5. The Morgan fingerprint density at radius 1 is 1.16 bits per heavy atom. The fourth-order valence-corrected chi connectivity index (χ4v) is 5.89. The van der Waals surface area contributed by atoms with E-state index in [9.17, 15) is 9.59 Å². The summed E-state index contributed by atoms with van der Waals surface area (Å²) in [5, 5.41) is 0.515. The topological polar surface area (TPSA) is 76.3 Å². The van der Waals surface area contributed by atoms with Crippen molar-refractivity contribution in [2.75, 3.05) is 6.54 Å². The smallest absolute Gasteiger partial charge is 0.228 e. The Morgan fingerprint density at radius 2 is 1.96 bits per heavy atom. The second-order valence-electron chi connectivity index (χ2n) is 7.62. The fourth-order valence-electron chi connectivity index (χ4n) is 4.94. The van der Waals surface area contributed by atoms with Gasteiger partial charge in [-0.15, -0.1) is 11.3 Å². The van der Waals surface area contributed by atoms with Gasteiger partial charge in [-0.3, -0.25) is 9.59 Å². The first-order chi connectivity index (χ1) is 12.1. The summed E-state index contributed by atoms with van der Waals surface area (Å²) < 4.78 is 1.01.